The Bertz CT molecular complexity index is 535. The van der Waals surface area contributed by atoms with Gasteiger partial charge in [0, 0.05) is 16.2 Å². The highest BCUT2D eigenvalue weighted by Crippen LogP contribution is 2.28. The van der Waals surface area contributed by atoms with Crippen LogP contribution in [-0.2, 0) is 6.42 Å². The Morgan fingerprint density at radius 3 is 2.06 bits per heavy atom. The number of benzene rings is 2. The molecule has 1 nitrogen and oxygen atoms in total. The zero-order valence-corrected chi connectivity index (χ0v) is 10.8. The topological polar surface area (TPSA) is 20.2 Å². The first-order valence-electron chi connectivity index (χ1n) is 5.77. The van der Waals surface area contributed by atoms with Gasteiger partial charge in [-0.25, -0.2) is 0 Å². The van der Waals surface area contributed by atoms with E-state index in [1.807, 2.05) is 12.1 Å². The predicted molar refractivity (Wildman–Crippen MR) is 75.8 cm³/mol. The van der Waals surface area contributed by atoms with E-state index in [0.717, 1.165) is 17.7 Å². The monoisotopic (exact) mass is 254 g/mol. The van der Waals surface area contributed by atoms with Crippen LogP contribution < -0.4 is 0 Å². The third-order valence-electron chi connectivity index (χ3n) is 2.55. The summed E-state index contributed by atoms with van der Waals surface area (Å²) < 4.78 is 0. The first-order valence-corrected chi connectivity index (χ1v) is 6.59. The molecule has 2 aromatic rings. The van der Waals surface area contributed by atoms with E-state index in [4.69, 9.17) is 6.42 Å². The molecule has 2 heteroatoms. The van der Waals surface area contributed by atoms with E-state index in [-0.39, 0.29) is 0 Å². The van der Waals surface area contributed by atoms with Crippen LogP contribution in [0.4, 0.5) is 0 Å². The third-order valence-corrected chi connectivity index (χ3v) is 3.57. The molecule has 0 bridgehead atoms. The van der Waals surface area contributed by atoms with Crippen LogP contribution in [0.3, 0.4) is 0 Å². The highest BCUT2D eigenvalue weighted by molar-refractivity contribution is 7.99. The van der Waals surface area contributed by atoms with Gasteiger partial charge in [-0.2, -0.15) is 0 Å². The molecule has 0 spiro atoms. The van der Waals surface area contributed by atoms with Crippen molar-refractivity contribution in [3.05, 3.63) is 54.1 Å². The number of phenols is 1. The summed E-state index contributed by atoms with van der Waals surface area (Å²) in [6, 6.07) is 15.6. The molecule has 0 heterocycles. The van der Waals surface area contributed by atoms with Gasteiger partial charge in [0.05, 0.1) is 0 Å². The number of rotatable bonds is 4. The van der Waals surface area contributed by atoms with Gasteiger partial charge in [-0.15, -0.1) is 12.3 Å². The zero-order chi connectivity index (χ0) is 12.8. The molecule has 90 valence electrons. The predicted octanol–water partition coefficient (Wildman–Crippen LogP) is 4.11. The van der Waals surface area contributed by atoms with Crippen molar-refractivity contribution >= 4 is 11.8 Å². The van der Waals surface area contributed by atoms with E-state index >= 15 is 0 Å². The van der Waals surface area contributed by atoms with Gasteiger partial charge in [0.1, 0.15) is 5.75 Å². The SMILES string of the molecule is C#CCCc1ccc(Sc2ccc(O)cc2)cc1. The molecule has 2 aromatic carbocycles. The van der Waals surface area contributed by atoms with Crippen LogP contribution in [0.5, 0.6) is 5.75 Å². The average molecular weight is 254 g/mol. The summed E-state index contributed by atoms with van der Waals surface area (Å²) in [6.45, 7) is 0. The summed E-state index contributed by atoms with van der Waals surface area (Å²) in [5.74, 6) is 2.94. The molecule has 0 aliphatic carbocycles. The molecular weight excluding hydrogens is 240 g/mol. The van der Waals surface area contributed by atoms with Gasteiger partial charge in [0.2, 0.25) is 0 Å². The van der Waals surface area contributed by atoms with E-state index in [0.29, 0.717) is 5.75 Å². The van der Waals surface area contributed by atoms with Gasteiger partial charge in [-0.1, -0.05) is 23.9 Å². The molecule has 0 unspecified atom stereocenters. The fraction of sp³-hybridized carbons (Fsp3) is 0.125. The van der Waals surface area contributed by atoms with E-state index in [1.165, 1.54) is 10.5 Å². The van der Waals surface area contributed by atoms with E-state index in [9.17, 15) is 5.11 Å². The molecule has 0 aliphatic heterocycles. The Morgan fingerprint density at radius 1 is 0.944 bits per heavy atom. The van der Waals surface area contributed by atoms with Gasteiger partial charge in [0.25, 0.3) is 0 Å². The molecule has 0 saturated carbocycles. The molecule has 0 aromatic heterocycles. The first kappa shape index (κ1) is 12.6. The molecule has 1 N–H and O–H groups in total. The summed E-state index contributed by atoms with van der Waals surface area (Å²) in [5.41, 5.74) is 1.27. The quantitative estimate of drug-likeness (QED) is 0.829. The van der Waals surface area contributed by atoms with Crippen molar-refractivity contribution in [2.45, 2.75) is 22.6 Å². The summed E-state index contributed by atoms with van der Waals surface area (Å²) in [7, 11) is 0. The van der Waals surface area contributed by atoms with E-state index in [2.05, 4.69) is 30.2 Å². The maximum absolute atomic E-state index is 9.22. The number of aromatic hydroxyl groups is 1. The van der Waals surface area contributed by atoms with Crippen LogP contribution in [0.15, 0.2) is 58.3 Å². The molecule has 18 heavy (non-hydrogen) atoms. The van der Waals surface area contributed by atoms with Crippen molar-refractivity contribution in [2.75, 3.05) is 0 Å². The lowest BCUT2D eigenvalue weighted by molar-refractivity contribution is 0.475. The van der Waals surface area contributed by atoms with Gasteiger partial charge >= 0.3 is 0 Å². The maximum Gasteiger partial charge on any atom is 0.115 e. The highest BCUT2D eigenvalue weighted by atomic mass is 32.2. The third kappa shape index (κ3) is 3.58. The lowest BCUT2D eigenvalue weighted by Gasteiger charge is -2.03. The summed E-state index contributed by atoms with van der Waals surface area (Å²) in [6.07, 6.45) is 6.96. The van der Waals surface area contributed by atoms with Crippen molar-refractivity contribution in [1.82, 2.24) is 0 Å². The molecule has 0 aliphatic rings. The normalized spacial score (nSPS) is 9.94. The highest BCUT2D eigenvalue weighted by Gasteiger charge is 1.98. The van der Waals surface area contributed by atoms with Gasteiger partial charge in [0.15, 0.2) is 0 Å². The van der Waals surface area contributed by atoms with Crippen LogP contribution in [0.1, 0.15) is 12.0 Å². The van der Waals surface area contributed by atoms with Crippen molar-refractivity contribution < 1.29 is 5.11 Å². The Kier molecular flexibility index (Phi) is 4.33. The average Bonchev–Trinajstić information content (AvgIpc) is 2.41. The molecule has 0 radical (unpaired) electrons. The second-order valence-corrected chi connectivity index (χ2v) is 5.09. The van der Waals surface area contributed by atoms with Crippen molar-refractivity contribution in [2.24, 2.45) is 0 Å². The second-order valence-electron chi connectivity index (χ2n) is 3.94. The summed E-state index contributed by atoms with van der Waals surface area (Å²) >= 11 is 1.68. The fourth-order valence-corrected chi connectivity index (χ4v) is 2.41. The minimum atomic E-state index is 0.295. The zero-order valence-electron chi connectivity index (χ0n) is 9.97. The summed E-state index contributed by atoms with van der Waals surface area (Å²) in [4.78, 5) is 2.30. The van der Waals surface area contributed by atoms with Crippen molar-refractivity contribution in [3.8, 4) is 18.1 Å². The number of aryl methyl sites for hydroxylation is 1. The standard InChI is InChI=1S/C16H14OS/c1-2-3-4-13-5-9-15(10-6-13)18-16-11-7-14(17)8-12-16/h1,5-12,17H,3-4H2. The Hall–Kier alpha value is -1.85. The number of terminal acetylenes is 1. The van der Waals surface area contributed by atoms with Crippen LogP contribution in [-0.4, -0.2) is 5.11 Å². The molecule has 0 amide bonds. The Balaban J connectivity index is 2.02. The minimum absolute atomic E-state index is 0.295. The van der Waals surface area contributed by atoms with Gasteiger partial charge in [-0.3, -0.25) is 0 Å². The largest absolute Gasteiger partial charge is 0.508 e. The molecule has 2 rings (SSSR count). The Labute approximate surface area is 112 Å². The fourth-order valence-electron chi connectivity index (χ4n) is 1.59. The van der Waals surface area contributed by atoms with E-state index in [1.54, 1.807) is 23.9 Å². The smallest absolute Gasteiger partial charge is 0.115 e. The van der Waals surface area contributed by atoms with E-state index < -0.39 is 0 Å². The van der Waals surface area contributed by atoms with Crippen LogP contribution >= 0.6 is 11.8 Å². The number of hydrogen-bond donors (Lipinski definition) is 1. The van der Waals surface area contributed by atoms with Crippen molar-refractivity contribution in [1.29, 1.82) is 0 Å². The van der Waals surface area contributed by atoms with Crippen molar-refractivity contribution in [3.63, 3.8) is 0 Å². The number of hydrogen-bond acceptors (Lipinski definition) is 2. The number of phenolic OH excluding ortho intramolecular Hbond substituents is 1. The summed E-state index contributed by atoms with van der Waals surface area (Å²) in [5, 5.41) is 9.22. The van der Waals surface area contributed by atoms with Gasteiger partial charge < -0.3 is 5.11 Å². The second kappa shape index (κ2) is 6.18. The van der Waals surface area contributed by atoms with Crippen LogP contribution in [0.25, 0.3) is 0 Å². The molecular formula is C16H14OS. The Morgan fingerprint density at radius 2 is 1.50 bits per heavy atom. The maximum atomic E-state index is 9.22. The molecule has 0 atom stereocenters. The molecule has 0 fully saturated rings. The minimum Gasteiger partial charge on any atom is -0.508 e. The molecule has 0 saturated heterocycles. The van der Waals surface area contributed by atoms with Crippen LogP contribution in [0, 0.1) is 12.3 Å². The lowest BCUT2D eigenvalue weighted by Crippen LogP contribution is -1.83. The van der Waals surface area contributed by atoms with Gasteiger partial charge in [-0.05, 0) is 48.4 Å². The first-order chi connectivity index (χ1) is 8.78. The van der Waals surface area contributed by atoms with Crippen LogP contribution in [0.2, 0.25) is 0 Å². The lowest BCUT2D eigenvalue weighted by atomic mass is 10.1.